The minimum absolute atomic E-state index is 0.0146. The van der Waals surface area contributed by atoms with E-state index in [1.807, 2.05) is 30.3 Å². The summed E-state index contributed by atoms with van der Waals surface area (Å²) in [7, 11) is 0. The standard InChI is InChI=1S/C16H15F2NO2/c17-14-7-6-12(9-15(14)18)16(21)19-10-13(20)8-11-4-2-1-3-5-11/h1-7,9,13,20H,8,10H2,(H,19,21)/t13-/m0/s1. The molecule has 2 aromatic carbocycles. The molecule has 1 amide bonds. The molecule has 0 bridgehead atoms. The van der Waals surface area contributed by atoms with Crippen LogP contribution in [0.25, 0.3) is 0 Å². The molecule has 0 heterocycles. The van der Waals surface area contributed by atoms with Crippen LogP contribution in [-0.2, 0) is 6.42 Å². The number of rotatable bonds is 5. The largest absolute Gasteiger partial charge is 0.391 e. The van der Waals surface area contributed by atoms with Gasteiger partial charge in [0.15, 0.2) is 11.6 Å². The SMILES string of the molecule is O=C(NC[C@@H](O)Cc1ccccc1)c1ccc(F)c(F)c1. The monoisotopic (exact) mass is 291 g/mol. The topological polar surface area (TPSA) is 49.3 Å². The quantitative estimate of drug-likeness (QED) is 0.888. The van der Waals surface area contributed by atoms with Gasteiger partial charge in [0.2, 0.25) is 0 Å². The molecule has 2 rings (SSSR count). The lowest BCUT2D eigenvalue weighted by atomic mass is 10.1. The van der Waals surface area contributed by atoms with Gasteiger partial charge < -0.3 is 10.4 Å². The molecule has 0 saturated carbocycles. The number of aliphatic hydroxyl groups excluding tert-OH is 1. The van der Waals surface area contributed by atoms with E-state index >= 15 is 0 Å². The lowest BCUT2D eigenvalue weighted by molar-refractivity contribution is 0.0915. The van der Waals surface area contributed by atoms with Crippen LogP contribution >= 0.6 is 0 Å². The second-order valence-electron chi connectivity index (χ2n) is 4.68. The maximum Gasteiger partial charge on any atom is 0.251 e. The average molecular weight is 291 g/mol. The lowest BCUT2D eigenvalue weighted by Gasteiger charge is -2.12. The van der Waals surface area contributed by atoms with Crippen LogP contribution in [0.3, 0.4) is 0 Å². The van der Waals surface area contributed by atoms with Crippen molar-refractivity contribution >= 4 is 5.91 Å². The van der Waals surface area contributed by atoms with E-state index in [0.717, 1.165) is 17.7 Å². The number of carbonyl (C=O) groups excluding carboxylic acids is 1. The van der Waals surface area contributed by atoms with Crippen LogP contribution in [0.4, 0.5) is 8.78 Å². The summed E-state index contributed by atoms with van der Waals surface area (Å²) in [4.78, 5) is 11.8. The maximum atomic E-state index is 13.0. The summed E-state index contributed by atoms with van der Waals surface area (Å²) in [5.74, 6) is -2.64. The maximum absolute atomic E-state index is 13.0. The van der Waals surface area contributed by atoms with E-state index in [2.05, 4.69) is 5.32 Å². The number of hydrogen-bond acceptors (Lipinski definition) is 2. The van der Waals surface area contributed by atoms with E-state index in [4.69, 9.17) is 0 Å². The van der Waals surface area contributed by atoms with Crippen molar-refractivity contribution in [2.75, 3.05) is 6.54 Å². The average Bonchev–Trinajstić information content (AvgIpc) is 2.48. The Morgan fingerprint density at radius 1 is 1.10 bits per heavy atom. The van der Waals surface area contributed by atoms with Gasteiger partial charge in [-0.2, -0.15) is 0 Å². The zero-order valence-corrected chi connectivity index (χ0v) is 11.2. The van der Waals surface area contributed by atoms with E-state index in [0.29, 0.717) is 6.42 Å². The summed E-state index contributed by atoms with van der Waals surface area (Å²) in [6, 6.07) is 12.3. The third-order valence-corrected chi connectivity index (χ3v) is 2.99. The summed E-state index contributed by atoms with van der Waals surface area (Å²) < 4.78 is 25.8. The number of carbonyl (C=O) groups is 1. The van der Waals surface area contributed by atoms with Crippen molar-refractivity contribution in [3.8, 4) is 0 Å². The normalized spacial score (nSPS) is 12.0. The van der Waals surface area contributed by atoms with E-state index in [1.165, 1.54) is 6.07 Å². The van der Waals surface area contributed by atoms with Gasteiger partial charge in [-0.05, 0) is 23.8 Å². The van der Waals surface area contributed by atoms with Gasteiger partial charge >= 0.3 is 0 Å². The molecule has 0 aliphatic carbocycles. The van der Waals surface area contributed by atoms with Gasteiger partial charge in [-0.3, -0.25) is 4.79 Å². The number of aliphatic hydroxyl groups is 1. The van der Waals surface area contributed by atoms with Gasteiger partial charge in [-0.15, -0.1) is 0 Å². The molecule has 2 aromatic rings. The first-order valence-electron chi connectivity index (χ1n) is 6.51. The molecule has 0 unspecified atom stereocenters. The lowest BCUT2D eigenvalue weighted by Crippen LogP contribution is -2.33. The van der Waals surface area contributed by atoms with Crippen LogP contribution in [0.15, 0.2) is 48.5 Å². The number of halogens is 2. The molecule has 0 aliphatic heterocycles. The minimum Gasteiger partial charge on any atom is -0.391 e. The predicted octanol–water partition coefficient (Wildman–Crippen LogP) is 2.30. The first-order valence-corrected chi connectivity index (χ1v) is 6.51. The number of nitrogens with one attached hydrogen (secondary N) is 1. The Bertz CT molecular complexity index is 617. The molecule has 3 nitrogen and oxygen atoms in total. The van der Waals surface area contributed by atoms with E-state index in [-0.39, 0.29) is 12.1 Å². The van der Waals surface area contributed by atoms with Crippen LogP contribution in [0.2, 0.25) is 0 Å². The van der Waals surface area contributed by atoms with Crippen molar-refractivity contribution in [3.63, 3.8) is 0 Å². The zero-order chi connectivity index (χ0) is 15.2. The molecular formula is C16H15F2NO2. The molecule has 0 saturated heterocycles. The van der Waals surface area contributed by atoms with Crippen molar-refractivity contribution in [1.29, 1.82) is 0 Å². The molecule has 0 fully saturated rings. The number of benzene rings is 2. The molecule has 5 heteroatoms. The van der Waals surface area contributed by atoms with Crippen LogP contribution in [-0.4, -0.2) is 23.7 Å². The highest BCUT2D eigenvalue weighted by atomic mass is 19.2. The third kappa shape index (κ3) is 4.36. The molecular weight excluding hydrogens is 276 g/mol. The number of amides is 1. The highest BCUT2D eigenvalue weighted by Gasteiger charge is 2.12. The fourth-order valence-corrected chi connectivity index (χ4v) is 1.91. The fourth-order valence-electron chi connectivity index (χ4n) is 1.91. The van der Waals surface area contributed by atoms with Crippen LogP contribution < -0.4 is 5.32 Å². The van der Waals surface area contributed by atoms with Crippen LogP contribution in [0.5, 0.6) is 0 Å². The Balaban J connectivity index is 1.87. The zero-order valence-electron chi connectivity index (χ0n) is 11.2. The van der Waals surface area contributed by atoms with Crippen molar-refractivity contribution < 1.29 is 18.7 Å². The molecule has 0 radical (unpaired) electrons. The molecule has 0 aliphatic rings. The molecule has 21 heavy (non-hydrogen) atoms. The summed E-state index contributed by atoms with van der Waals surface area (Å²) in [6.07, 6.45) is -0.347. The van der Waals surface area contributed by atoms with Crippen molar-refractivity contribution in [3.05, 3.63) is 71.3 Å². The first-order chi connectivity index (χ1) is 10.1. The molecule has 110 valence electrons. The third-order valence-electron chi connectivity index (χ3n) is 2.99. The number of hydrogen-bond donors (Lipinski definition) is 2. The highest BCUT2D eigenvalue weighted by molar-refractivity contribution is 5.94. The fraction of sp³-hybridized carbons (Fsp3) is 0.188. The molecule has 2 N–H and O–H groups in total. The van der Waals surface area contributed by atoms with Gasteiger partial charge in [0.1, 0.15) is 0 Å². The van der Waals surface area contributed by atoms with Gasteiger partial charge in [0.25, 0.3) is 5.91 Å². The Hall–Kier alpha value is -2.27. The second-order valence-corrected chi connectivity index (χ2v) is 4.68. The van der Waals surface area contributed by atoms with Gasteiger partial charge in [0, 0.05) is 18.5 Å². The Morgan fingerprint density at radius 2 is 1.81 bits per heavy atom. The summed E-state index contributed by atoms with van der Waals surface area (Å²) in [6.45, 7) is 0.0344. The Kier molecular flexibility index (Phi) is 5.00. The van der Waals surface area contributed by atoms with Crippen LogP contribution in [0, 0.1) is 11.6 Å². The van der Waals surface area contributed by atoms with Crippen molar-refractivity contribution in [2.24, 2.45) is 0 Å². The van der Waals surface area contributed by atoms with E-state index in [9.17, 15) is 18.7 Å². The van der Waals surface area contributed by atoms with E-state index < -0.39 is 23.6 Å². The van der Waals surface area contributed by atoms with Gasteiger partial charge in [-0.25, -0.2) is 8.78 Å². The van der Waals surface area contributed by atoms with Crippen molar-refractivity contribution in [1.82, 2.24) is 5.32 Å². The highest BCUT2D eigenvalue weighted by Crippen LogP contribution is 2.08. The Morgan fingerprint density at radius 3 is 2.48 bits per heavy atom. The summed E-state index contributed by atoms with van der Waals surface area (Å²) in [5, 5.41) is 12.3. The molecule has 0 aromatic heterocycles. The molecule has 0 spiro atoms. The predicted molar refractivity (Wildman–Crippen MR) is 74.8 cm³/mol. The Labute approximate surface area is 121 Å². The second kappa shape index (κ2) is 6.95. The molecule has 1 atom stereocenters. The summed E-state index contributed by atoms with van der Waals surface area (Å²) >= 11 is 0. The minimum atomic E-state index is -1.08. The van der Waals surface area contributed by atoms with Gasteiger partial charge in [-0.1, -0.05) is 30.3 Å². The van der Waals surface area contributed by atoms with Crippen molar-refractivity contribution in [2.45, 2.75) is 12.5 Å². The van der Waals surface area contributed by atoms with E-state index in [1.54, 1.807) is 0 Å². The van der Waals surface area contributed by atoms with Gasteiger partial charge in [0.05, 0.1) is 6.10 Å². The first kappa shape index (κ1) is 15.1. The smallest absolute Gasteiger partial charge is 0.251 e. The summed E-state index contributed by atoms with van der Waals surface area (Å²) in [5.41, 5.74) is 0.966. The van der Waals surface area contributed by atoms with Crippen LogP contribution in [0.1, 0.15) is 15.9 Å².